The van der Waals surface area contributed by atoms with Gasteiger partial charge in [0.1, 0.15) is 11.9 Å². The van der Waals surface area contributed by atoms with Gasteiger partial charge < -0.3 is 20.2 Å². The highest BCUT2D eigenvalue weighted by molar-refractivity contribution is 14.0. The fraction of sp³-hybridized carbons (Fsp3) is 0.500. The summed E-state index contributed by atoms with van der Waals surface area (Å²) in [5.41, 5.74) is 1.37. The van der Waals surface area contributed by atoms with Crippen LogP contribution in [0, 0.1) is 0 Å². The maximum absolute atomic E-state index is 10.2. The molecule has 2 aromatic rings. The summed E-state index contributed by atoms with van der Waals surface area (Å²) in [5, 5.41) is 17.0. The van der Waals surface area contributed by atoms with Crippen LogP contribution >= 0.6 is 24.0 Å². The van der Waals surface area contributed by atoms with Crippen LogP contribution in [0.3, 0.4) is 0 Å². The van der Waals surface area contributed by atoms with Crippen molar-refractivity contribution in [2.24, 2.45) is 4.99 Å². The van der Waals surface area contributed by atoms with Crippen molar-refractivity contribution < 1.29 is 9.52 Å². The first-order valence-electron chi connectivity index (χ1n) is 10.2. The summed E-state index contributed by atoms with van der Waals surface area (Å²) < 4.78 is 5.24. The van der Waals surface area contributed by atoms with E-state index in [4.69, 9.17) is 4.42 Å². The van der Waals surface area contributed by atoms with Crippen LogP contribution in [0.2, 0.25) is 0 Å². The summed E-state index contributed by atoms with van der Waals surface area (Å²) in [4.78, 5) is 7.08. The number of nitrogens with one attached hydrogen (secondary N) is 2. The second kappa shape index (κ2) is 12.2. The van der Waals surface area contributed by atoms with Crippen LogP contribution in [0.5, 0.6) is 0 Å². The predicted octanol–water partition coefficient (Wildman–Crippen LogP) is 3.71. The van der Waals surface area contributed by atoms with E-state index in [1.54, 1.807) is 18.4 Å². The molecule has 7 heteroatoms. The Bertz CT molecular complexity index is 716. The average molecular weight is 512 g/mol. The van der Waals surface area contributed by atoms with Gasteiger partial charge in [-0.15, -0.1) is 24.0 Å². The lowest BCUT2D eigenvalue weighted by atomic mass is 10.0. The first-order chi connectivity index (χ1) is 13.7. The van der Waals surface area contributed by atoms with Gasteiger partial charge in [-0.1, -0.05) is 30.3 Å². The fourth-order valence-corrected chi connectivity index (χ4v) is 3.64. The summed E-state index contributed by atoms with van der Waals surface area (Å²) in [6.07, 6.45) is 2.99. The van der Waals surface area contributed by atoms with E-state index < -0.39 is 6.10 Å². The van der Waals surface area contributed by atoms with Gasteiger partial charge in [0, 0.05) is 31.7 Å². The zero-order chi connectivity index (χ0) is 19.8. The molecule has 6 nitrogen and oxygen atoms in total. The van der Waals surface area contributed by atoms with Crippen LogP contribution in [0.1, 0.15) is 50.2 Å². The lowest BCUT2D eigenvalue weighted by molar-refractivity contribution is 0.155. The Morgan fingerprint density at radius 1 is 1.21 bits per heavy atom. The van der Waals surface area contributed by atoms with Gasteiger partial charge in [0.2, 0.25) is 0 Å². The van der Waals surface area contributed by atoms with Crippen LogP contribution < -0.4 is 10.6 Å². The van der Waals surface area contributed by atoms with E-state index in [2.05, 4.69) is 57.8 Å². The number of aliphatic imine (C=N–C) groups is 1. The number of guanidine groups is 1. The molecule has 1 aliphatic rings. The Hall–Kier alpha value is -1.58. The van der Waals surface area contributed by atoms with Crippen molar-refractivity contribution in [3.8, 4) is 0 Å². The molecule has 0 aliphatic carbocycles. The van der Waals surface area contributed by atoms with Crippen LogP contribution in [0.4, 0.5) is 0 Å². The Morgan fingerprint density at radius 3 is 2.55 bits per heavy atom. The number of rotatable bonds is 7. The van der Waals surface area contributed by atoms with Crippen LogP contribution in [-0.4, -0.2) is 48.2 Å². The molecular formula is C22H33IN4O2. The normalized spacial score (nSPS) is 18.0. The maximum Gasteiger partial charge on any atom is 0.191 e. The number of nitrogens with zero attached hydrogens (tertiary/aromatic N) is 2. The third-order valence-electron chi connectivity index (χ3n) is 5.34. The third-order valence-corrected chi connectivity index (χ3v) is 5.34. The maximum atomic E-state index is 10.2. The van der Waals surface area contributed by atoms with Crippen LogP contribution in [-0.2, 0) is 0 Å². The average Bonchev–Trinajstić information content (AvgIpc) is 3.28. The number of hydrogen-bond donors (Lipinski definition) is 3. The minimum Gasteiger partial charge on any atom is -0.467 e. The SMILES string of the molecule is CCNC(=NCC(O)c1ccco1)NC1CCN(C(C)c2ccccc2)CC1.I. The molecule has 2 unspecified atom stereocenters. The molecule has 1 aromatic heterocycles. The minimum absolute atomic E-state index is 0. The van der Waals surface area contributed by atoms with Gasteiger partial charge in [-0.3, -0.25) is 9.89 Å². The van der Waals surface area contributed by atoms with Crippen molar-refractivity contribution >= 4 is 29.9 Å². The number of aliphatic hydroxyl groups is 1. The molecule has 0 spiro atoms. The number of halogens is 1. The lowest BCUT2D eigenvalue weighted by Gasteiger charge is -2.37. The van der Waals surface area contributed by atoms with Gasteiger partial charge >= 0.3 is 0 Å². The molecule has 2 atom stereocenters. The lowest BCUT2D eigenvalue weighted by Crippen LogP contribution is -2.49. The summed E-state index contributed by atoms with van der Waals surface area (Å²) in [5.74, 6) is 1.30. The summed E-state index contributed by atoms with van der Waals surface area (Å²) in [6, 6.07) is 15.1. The molecule has 1 fully saturated rings. The Labute approximate surface area is 190 Å². The molecule has 0 amide bonds. The fourth-order valence-electron chi connectivity index (χ4n) is 3.64. The zero-order valence-corrected chi connectivity index (χ0v) is 19.6. The number of piperidine rings is 1. The van der Waals surface area contributed by atoms with Gasteiger partial charge in [-0.25, -0.2) is 0 Å². The van der Waals surface area contributed by atoms with Crippen molar-refractivity contribution in [1.29, 1.82) is 0 Å². The third kappa shape index (κ3) is 7.01. The van der Waals surface area contributed by atoms with Crippen molar-refractivity contribution in [2.75, 3.05) is 26.2 Å². The van der Waals surface area contributed by atoms with Crippen LogP contribution in [0.25, 0.3) is 0 Å². The molecule has 160 valence electrons. The molecule has 3 N–H and O–H groups in total. The molecule has 1 saturated heterocycles. The van der Waals surface area contributed by atoms with Gasteiger partial charge in [-0.05, 0) is 44.4 Å². The molecule has 0 radical (unpaired) electrons. The summed E-state index contributed by atoms with van der Waals surface area (Å²) >= 11 is 0. The first kappa shape index (κ1) is 23.7. The van der Waals surface area contributed by atoms with E-state index in [0.717, 1.165) is 38.4 Å². The van der Waals surface area contributed by atoms with Crippen molar-refractivity contribution in [2.45, 2.75) is 44.9 Å². The Balaban J connectivity index is 0.00000300. The molecule has 1 aliphatic heterocycles. The number of likely N-dealkylation sites (tertiary alicyclic amines) is 1. The Morgan fingerprint density at radius 2 is 1.93 bits per heavy atom. The first-order valence-corrected chi connectivity index (χ1v) is 10.2. The molecule has 0 saturated carbocycles. The van der Waals surface area contributed by atoms with E-state index in [1.165, 1.54) is 5.56 Å². The van der Waals surface area contributed by atoms with Crippen molar-refractivity contribution in [1.82, 2.24) is 15.5 Å². The smallest absolute Gasteiger partial charge is 0.191 e. The van der Waals surface area contributed by atoms with Gasteiger partial charge in [0.05, 0.1) is 12.8 Å². The number of hydrogen-bond acceptors (Lipinski definition) is 4. The molecular weight excluding hydrogens is 479 g/mol. The van der Waals surface area contributed by atoms with Crippen molar-refractivity contribution in [3.63, 3.8) is 0 Å². The van der Waals surface area contributed by atoms with Gasteiger partial charge in [-0.2, -0.15) is 0 Å². The molecule has 2 heterocycles. The molecule has 3 rings (SSSR count). The largest absolute Gasteiger partial charge is 0.467 e. The second-order valence-corrected chi connectivity index (χ2v) is 7.29. The molecule has 29 heavy (non-hydrogen) atoms. The highest BCUT2D eigenvalue weighted by atomic mass is 127. The number of furan rings is 1. The summed E-state index contributed by atoms with van der Waals surface area (Å²) in [7, 11) is 0. The van der Waals surface area contributed by atoms with E-state index in [9.17, 15) is 5.11 Å². The summed E-state index contributed by atoms with van der Waals surface area (Å²) in [6.45, 7) is 7.50. The number of benzene rings is 1. The van der Waals surface area contributed by atoms with Gasteiger partial charge in [0.25, 0.3) is 0 Å². The van der Waals surface area contributed by atoms with E-state index in [1.807, 2.05) is 6.92 Å². The van der Waals surface area contributed by atoms with Gasteiger partial charge in [0.15, 0.2) is 5.96 Å². The standard InChI is InChI=1S/C22H32N4O2.HI/c1-3-23-22(24-16-20(27)21-10-7-15-28-21)25-19-11-13-26(14-12-19)17(2)18-8-5-4-6-9-18;/h4-10,15,17,19-20,27H,3,11-14,16H2,1-2H3,(H2,23,24,25);1H. The van der Waals surface area contributed by atoms with E-state index in [-0.39, 0.29) is 30.5 Å². The molecule has 0 bridgehead atoms. The Kier molecular flexibility index (Phi) is 9.96. The predicted molar refractivity (Wildman–Crippen MR) is 128 cm³/mol. The second-order valence-electron chi connectivity index (χ2n) is 7.29. The minimum atomic E-state index is -0.723. The zero-order valence-electron chi connectivity index (χ0n) is 17.3. The monoisotopic (exact) mass is 512 g/mol. The van der Waals surface area contributed by atoms with Crippen molar-refractivity contribution in [3.05, 3.63) is 60.1 Å². The highest BCUT2D eigenvalue weighted by Crippen LogP contribution is 2.24. The topological polar surface area (TPSA) is 73.0 Å². The molecule has 1 aromatic carbocycles. The quantitative estimate of drug-likeness (QED) is 0.300. The highest BCUT2D eigenvalue weighted by Gasteiger charge is 2.24. The van der Waals surface area contributed by atoms with Crippen LogP contribution in [0.15, 0.2) is 58.1 Å². The van der Waals surface area contributed by atoms with E-state index >= 15 is 0 Å². The number of aliphatic hydroxyl groups excluding tert-OH is 1. The van der Waals surface area contributed by atoms with E-state index in [0.29, 0.717) is 17.8 Å².